The van der Waals surface area contributed by atoms with E-state index in [1.165, 1.54) is 5.56 Å². The molecule has 2 aromatic rings. The molecule has 0 N–H and O–H groups in total. The van der Waals surface area contributed by atoms with E-state index in [4.69, 9.17) is 24.2 Å². The molecule has 5 rings (SSSR count). The fraction of sp³-hybridized carbons (Fsp3) is 0.565. The van der Waals surface area contributed by atoms with Gasteiger partial charge in [-0.05, 0) is 68.6 Å². The predicted molar refractivity (Wildman–Crippen MR) is 119 cm³/mol. The molecule has 1 aromatic heterocycles. The zero-order valence-electron chi connectivity index (χ0n) is 17.5. The molecule has 0 spiro atoms. The van der Waals surface area contributed by atoms with E-state index < -0.39 is 0 Å². The number of pyridine rings is 1. The normalized spacial score (nSPS) is 25.2. The van der Waals surface area contributed by atoms with Crippen molar-refractivity contribution in [3.8, 4) is 5.75 Å². The number of amidine groups is 1. The molecule has 2 atom stereocenters. The summed E-state index contributed by atoms with van der Waals surface area (Å²) < 4.78 is 17.4. The van der Waals surface area contributed by atoms with E-state index in [9.17, 15) is 0 Å². The Kier molecular flexibility index (Phi) is 6.11. The maximum absolute atomic E-state index is 5.92. The third kappa shape index (κ3) is 4.43. The van der Waals surface area contributed by atoms with Gasteiger partial charge in [-0.25, -0.2) is 4.98 Å². The standard InChI is InChI=1S/C23H29N3O3S/c1-2-27-18-7-8-21-16(12-18)11-17-14-26(15-20-6-4-10-29-20)23(30-22(17)25-21)24-13-19-5-3-9-28-19/h7-8,11-12,19-20H,2-6,9-10,13-15H2,1H3/t19-,20-/m1/s1. The number of fused-ring (bicyclic) bond motifs is 2. The van der Waals surface area contributed by atoms with Crippen molar-refractivity contribution in [2.24, 2.45) is 4.99 Å². The lowest BCUT2D eigenvalue weighted by molar-refractivity contribution is 0.0899. The van der Waals surface area contributed by atoms with Crippen LogP contribution in [0.4, 0.5) is 0 Å². The minimum atomic E-state index is 0.255. The lowest BCUT2D eigenvalue weighted by atomic mass is 10.1. The average molecular weight is 428 g/mol. The molecule has 6 nitrogen and oxygen atoms in total. The van der Waals surface area contributed by atoms with Crippen molar-refractivity contribution >= 4 is 27.8 Å². The molecule has 0 radical (unpaired) electrons. The van der Waals surface area contributed by atoms with Gasteiger partial charge < -0.3 is 19.1 Å². The first kappa shape index (κ1) is 20.1. The largest absolute Gasteiger partial charge is 0.494 e. The number of thioether (sulfide) groups is 1. The highest BCUT2D eigenvalue weighted by molar-refractivity contribution is 8.13. The maximum atomic E-state index is 5.92. The quantitative estimate of drug-likeness (QED) is 0.687. The van der Waals surface area contributed by atoms with Crippen molar-refractivity contribution in [1.29, 1.82) is 0 Å². The summed E-state index contributed by atoms with van der Waals surface area (Å²) in [6.45, 7) is 6.83. The second-order valence-corrected chi connectivity index (χ2v) is 9.07. The van der Waals surface area contributed by atoms with E-state index in [1.807, 2.05) is 19.1 Å². The molecule has 7 heteroatoms. The number of hydrogen-bond donors (Lipinski definition) is 0. The lowest BCUT2D eigenvalue weighted by Gasteiger charge is -2.32. The van der Waals surface area contributed by atoms with Crippen LogP contribution in [-0.2, 0) is 16.0 Å². The summed E-state index contributed by atoms with van der Waals surface area (Å²) in [5, 5.41) is 3.23. The van der Waals surface area contributed by atoms with Gasteiger partial charge in [-0.15, -0.1) is 0 Å². The smallest absolute Gasteiger partial charge is 0.166 e. The monoisotopic (exact) mass is 427 g/mol. The van der Waals surface area contributed by atoms with Gasteiger partial charge in [0.15, 0.2) is 5.17 Å². The van der Waals surface area contributed by atoms with Gasteiger partial charge >= 0.3 is 0 Å². The number of aromatic nitrogens is 1. The van der Waals surface area contributed by atoms with Crippen molar-refractivity contribution in [3.63, 3.8) is 0 Å². The van der Waals surface area contributed by atoms with Crippen molar-refractivity contribution in [2.45, 2.75) is 56.4 Å². The Hall–Kier alpha value is -1.83. The molecular weight excluding hydrogens is 398 g/mol. The molecule has 30 heavy (non-hydrogen) atoms. The number of benzene rings is 1. The van der Waals surface area contributed by atoms with Crippen LogP contribution in [0, 0.1) is 0 Å². The second-order valence-electron chi connectivity index (χ2n) is 8.12. The summed E-state index contributed by atoms with van der Waals surface area (Å²) in [6, 6.07) is 8.38. The molecule has 3 aliphatic rings. The van der Waals surface area contributed by atoms with E-state index in [0.717, 1.165) is 85.4 Å². The highest BCUT2D eigenvalue weighted by Gasteiger charge is 2.28. The molecule has 0 unspecified atom stereocenters. The summed E-state index contributed by atoms with van der Waals surface area (Å²) in [7, 11) is 0. The third-order valence-electron chi connectivity index (χ3n) is 5.86. The van der Waals surface area contributed by atoms with Gasteiger partial charge in [-0.1, -0.05) is 0 Å². The van der Waals surface area contributed by atoms with Crippen LogP contribution in [0.3, 0.4) is 0 Å². The second kappa shape index (κ2) is 9.12. The van der Waals surface area contributed by atoms with Gasteiger partial charge in [0.1, 0.15) is 10.8 Å². The van der Waals surface area contributed by atoms with Crippen LogP contribution >= 0.6 is 11.8 Å². The molecule has 4 heterocycles. The van der Waals surface area contributed by atoms with Crippen LogP contribution in [0.5, 0.6) is 5.75 Å². The summed E-state index contributed by atoms with van der Waals surface area (Å²) in [5.74, 6) is 0.894. The molecule has 0 saturated carbocycles. The third-order valence-corrected chi connectivity index (χ3v) is 6.97. The molecule has 0 bridgehead atoms. The number of ether oxygens (including phenoxy) is 3. The van der Waals surface area contributed by atoms with E-state index in [1.54, 1.807) is 11.8 Å². The average Bonchev–Trinajstić information content (AvgIpc) is 3.45. The van der Waals surface area contributed by atoms with Gasteiger partial charge in [0.2, 0.25) is 0 Å². The van der Waals surface area contributed by atoms with E-state index in [-0.39, 0.29) is 12.2 Å². The number of rotatable bonds is 6. The van der Waals surface area contributed by atoms with Gasteiger partial charge in [-0.3, -0.25) is 4.99 Å². The Morgan fingerprint density at radius 3 is 2.77 bits per heavy atom. The molecular formula is C23H29N3O3S. The zero-order valence-corrected chi connectivity index (χ0v) is 18.3. The van der Waals surface area contributed by atoms with Gasteiger partial charge in [-0.2, -0.15) is 0 Å². The van der Waals surface area contributed by atoms with Crippen molar-refractivity contribution in [1.82, 2.24) is 9.88 Å². The zero-order chi connectivity index (χ0) is 20.3. The lowest BCUT2D eigenvalue weighted by Crippen LogP contribution is -2.38. The Balaban J connectivity index is 1.43. The molecule has 160 valence electrons. The highest BCUT2D eigenvalue weighted by Crippen LogP contribution is 2.35. The molecule has 0 aliphatic carbocycles. The SMILES string of the molecule is CCOc1ccc2nc3c(cc2c1)CN(C[C@H]1CCCO1)C(=NC[C@H]1CCCO1)S3. The Bertz CT molecular complexity index is 923. The molecule has 1 aromatic carbocycles. The fourth-order valence-electron chi connectivity index (χ4n) is 4.34. The van der Waals surface area contributed by atoms with Gasteiger partial charge in [0.25, 0.3) is 0 Å². The van der Waals surface area contributed by atoms with Gasteiger partial charge in [0, 0.05) is 37.3 Å². The summed E-state index contributed by atoms with van der Waals surface area (Å²) in [4.78, 5) is 12.3. The van der Waals surface area contributed by atoms with Crippen LogP contribution < -0.4 is 4.74 Å². The number of hydrogen-bond acceptors (Lipinski definition) is 6. The van der Waals surface area contributed by atoms with Crippen LogP contribution in [0.15, 0.2) is 34.3 Å². The minimum Gasteiger partial charge on any atom is -0.494 e. The van der Waals surface area contributed by atoms with Crippen LogP contribution in [0.25, 0.3) is 10.9 Å². The Labute approximate surface area is 182 Å². The van der Waals surface area contributed by atoms with Crippen molar-refractivity contribution in [3.05, 3.63) is 29.8 Å². The first-order valence-electron chi connectivity index (χ1n) is 11.1. The van der Waals surface area contributed by atoms with Crippen molar-refractivity contribution in [2.75, 3.05) is 32.9 Å². The van der Waals surface area contributed by atoms with Crippen LogP contribution in [0.2, 0.25) is 0 Å². The maximum Gasteiger partial charge on any atom is 0.166 e. The van der Waals surface area contributed by atoms with Crippen LogP contribution in [-0.4, -0.2) is 60.2 Å². The summed E-state index contributed by atoms with van der Waals surface area (Å²) >= 11 is 1.68. The predicted octanol–water partition coefficient (Wildman–Crippen LogP) is 4.26. The van der Waals surface area contributed by atoms with E-state index >= 15 is 0 Å². The van der Waals surface area contributed by atoms with E-state index in [2.05, 4.69) is 17.0 Å². The summed E-state index contributed by atoms with van der Waals surface area (Å²) in [6.07, 6.45) is 5.07. The topological polar surface area (TPSA) is 56.2 Å². The molecule has 2 saturated heterocycles. The van der Waals surface area contributed by atoms with Gasteiger partial charge in [0.05, 0.1) is 30.9 Å². The van der Waals surface area contributed by atoms with E-state index in [0.29, 0.717) is 6.61 Å². The number of nitrogens with zero attached hydrogens (tertiary/aromatic N) is 3. The highest BCUT2D eigenvalue weighted by atomic mass is 32.2. The van der Waals surface area contributed by atoms with Crippen LogP contribution in [0.1, 0.15) is 38.2 Å². The Morgan fingerprint density at radius 1 is 1.17 bits per heavy atom. The first-order valence-corrected chi connectivity index (χ1v) is 11.9. The fourth-order valence-corrected chi connectivity index (χ4v) is 5.32. The van der Waals surface area contributed by atoms with Crippen molar-refractivity contribution < 1.29 is 14.2 Å². The molecule has 2 fully saturated rings. The summed E-state index contributed by atoms with van der Waals surface area (Å²) in [5.41, 5.74) is 2.24. The molecule has 3 aliphatic heterocycles. The Morgan fingerprint density at radius 2 is 2.00 bits per heavy atom. The first-order chi connectivity index (χ1) is 14.8. The minimum absolute atomic E-state index is 0.255. The molecule has 0 amide bonds. The number of aliphatic imine (C=N–C) groups is 1.